The van der Waals surface area contributed by atoms with E-state index in [-0.39, 0.29) is 11.4 Å². The summed E-state index contributed by atoms with van der Waals surface area (Å²) in [6, 6.07) is 15.2. The number of halogens is 2. The molecule has 0 saturated heterocycles. The third-order valence-electron chi connectivity index (χ3n) is 3.50. The predicted octanol–water partition coefficient (Wildman–Crippen LogP) is 4.23. The van der Waals surface area contributed by atoms with Crippen LogP contribution in [0, 0.1) is 23.0 Å². The molecule has 128 valence electrons. The summed E-state index contributed by atoms with van der Waals surface area (Å²) in [4.78, 5) is 16.2. The molecule has 1 heterocycles. The monoisotopic (exact) mass is 350 g/mol. The molecule has 2 N–H and O–H groups in total. The van der Waals surface area contributed by atoms with Crippen molar-refractivity contribution in [2.75, 3.05) is 10.6 Å². The van der Waals surface area contributed by atoms with Gasteiger partial charge in [0.25, 0.3) is 5.91 Å². The maximum absolute atomic E-state index is 13.2. The van der Waals surface area contributed by atoms with Crippen molar-refractivity contribution in [3.8, 4) is 6.07 Å². The summed E-state index contributed by atoms with van der Waals surface area (Å²) in [5, 5.41) is 14.6. The summed E-state index contributed by atoms with van der Waals surface area (Å²) in [6.07, 6.45) is 1.43. The van der Waals surface area contributed by atoms with Crippen molar-refractivity contribution in [3.05, 3.63) is 83.7 Å². The summed E-state index contributed by atoms with van der Waals surface area (Å²) < 4.78 is 26.2. The van der Waals surface area contributed by atoms with Crippen LogP contribution in [-0.2, 0) is 0 Å². The number of nitriles is 1. The molecule has 0 fully saturated rings. The van der Waals surface area contributed by atoms with Gasteiger partial charge < -0.3 is 10.6 Å². The molecule has 26 heavy (non-hydrogen) atoms. The van der Waals surface area contributed by atoms with Crippen molar-refractivity contribution in [1.82, 2.24) is 4.98 Å². The third kappa shape index (κ3) is 3.82. The summed E-state index contributed by atoms with van der Waals surface area (Å²) in [5.74, 6) is -2.63. The highest BCUT2D eigenvalue weighted by Crippen LogP contribution is 2.21. The molecule has 3 aromatic rings. The van der Waals surface area contributed by atoms with E-state index in [4.69, 9.17) is 5.26 Å². The van der Waals surface area contributed by atoms with Crippen LogP contribution in [0.25, 0.3) is 0 Å². The van der Waals surface area contributed by atoms with Crippen LogP contribution in [-0.4, -0.2) is 10.9 Å². The lowest BCUT2D eigenvalue weighted by atomic mass is 10.2. The Kier molecular flexibility index (Phi) is 4.85. The highest BCUT2D eigenvalue weighted by molar-refractivity contribution is 6.03. The van der Waals surface area contributed by atoms with Gasteiger partial charge in [-0.2, -0.15) is 5.26 Å². The number of hydrogen-bond acceptors (Lipinski definition) is 4. The molecule has 0 bridgehead atoms. The number of aromatic nitrogens is 1. The van der Waals surface area contributed by atoms with E-state index in [2.05, 4.69) is 21.7 Å². The average molecular weight is 350 g/mol. The van der Waals surface area contributed by atoms with Gasteiger partial charge in [0.2, 0.25) is 0 Å². The number of nitrogens with zero attached hydrogens (tertiary/aromatic N) is 2. The molecule has 0 aliphatic carbocycles. The zero-order valence-electron chi connectivity index (χ0n) is 13.3. The van der Waals surface area contributed by atoms with Gasteiger partial charge in [-0.25, -0.2) is 8.78 Å². The molecule has 0 saturated carbocycles. The molecule has 0 radical (unpaired) electrons. The highest BCUT2D eigenvalue weighted by Gasteiger charge is 2.11. The average Bonchev–Trinajstić information content (AvgIpc) is 2.65. The van der Waals surface area contributed by atoms with Crippen molar-refractivity contribution in [2.24, 2.45) is 0 Å². The van der Waals surface area contributed by atoms with E-state index in [9.17, 15) is 13.6 Å². The third-order valence-corrected chi connectivity index (χ3v) is 3.50. The van der Waals surface area contributed by atoms with Gasteiger partial charge in [-0.3, -0.25) is 9.78 Å². The molecule has 0 unspecified atom stereocenters. The summed E-state index contributed by atoms with van der Waals surface area (Å²) in [6.45, 7) is 0. The Balaban J connectivity index is 1.79. The number of hydrogen-bond donors (Lipinski definition) is 2. The van der Waals surface area contributed by atoms with Crippen LogP contribution in [0.1, 0.15) is 16.1 Å². The minimum absolute atomic E-state index is 0.0779. The second kappa shape index (κ2) is 7.40. The van der Waals surface area contributed by atoms with Gasteiger partial charge in [-0.1, -0.05) is 12.1 Å². The van der Waals surface area contributed by atoms with Crippen molar-refractivity contribution in [1.29, 1.82) is 5.26 Å². The van der Waals surface area contributed by atoms with Gasteiger partial charge >= 0.3 is 0 Å². The Bertz CT molecular complexity index is 1010. The lowest BCUT2D eigenvalue weighted by Gasteiger charge is -2.10. The van der Waals surface area contributed by atoms with Crippen molar-refractivity contribution in [3.63, 3.8) is 0 Å². The van der Waals surface area contributed by atoms with Gasteiger partial charge in [0, 0.05) is 23.6 Å². The van der Waals surface area contributed by atoms with E-state index in [1.807, 2.05) is 0 Å². The number of benzene rings is 2. The molecule has 0 atom stereocenters. The number of para-hydroxylation sites is 1. The van der Waals surface area contributed by atoms with Crippen LogP contribution in [0.15, 0.2) is 60.8 Å². The van der Waals surface area contributed by atoms with Crippen molar-refractivity contribution >= 4 is 23.0 Å². The Hall–Kier alpha value is -3.79. The SMILES string of the molecule is N#Cc1ccccc1Nc1ccnc(C(=O)Nc2ccc(F)c(F)c2)c1. The number of amides is 1. The lowest BCUT2D eigenvalue weighted by molar-refractivity contribution is 0.102. The molecule has 5 nitrogen and oxygen atoms in total. The zero-order chi connectivity index (χ0) is 18.5. The Morgan fingerprint density at radius 2 is 1.81 bits per heavy atom. The van der Waals surface area contributed by atoms with Gasteiger partial charge in [0.15, 0.2) is 11.6 Å². The normalized spacial score (nSPS) is 10.0. The Morgan fingerprint density at radius 3 is 2.58 bits per heavy atom. The molecule has 1 aromatic heterocycles. The highest BCUT2D eigenvalue weighted by atomic mass is 19.2. The van der Waals surface area contributed by atoms with Crippen LogP contribution < -0.4 is 10.6 Å². The number of carbonyl (C=O) groups is 1. The minimum Gasteiger partial charge on any atom is -0.354 e. The molecule has 1 amide bonds. The molecule has 0 spiro atoms. The molecule has 0 aliphatic heterocycles. The first-order chi connectivity index (χ1) is 12.6. The van der Waals surface area contributed by atoms with Crippen LogP contribution in [0.4, 0.5) is 25.8 Å². The molecular weight excluding hydrogens is 338 g/mol. The van der Waals surface area contributed by atoms with E-state index in [0.717, 1.165) is 12.1 Å². The first-order valence-corrected chi connectivity index (χ1v) is 7.55. The first kappa shape index (κ1) is 17.0. The van der Waals surface area contributed by atoms with Crippen LogP contribution in [0.2, 0.25) is 0 Å². The van der Waals surface area contributed by atoms with Crippen LogP contribution in [0.3, 0.4) is 0 Å². The quantitative estimate of drug-likeness (QED) is 0.738. The zero-order valence-corrected chi connectivity index (χ0v) is 13.3. The van der Waals surface area contributed by atoms with Gasteiger partial charge in [-0.05, 0) is 36.4 Å². The Morgan fingerprint density at radius 1 is 1.00 bits per heavy atom. The van der Waals surface area contributed by atoms with Crippen molar-refractivity contribution < 1.29 is 13.6 Å². The predicted molar refractivity (Wildman–Crippen MR) is 93.0 cm³/mol. The fraction of sp³-hybridized carbons (Fsp3) is 0. The topological polar surface area (TPSA) is 77.8 Å². The van der Waals surface area contributed by atoms with Gasteiger partial charge in [0.05, 0.1) is 11.3 Å². The second-order valence-electron chi connectivity index (χ2n) is 5.30. The maximum atomic E-state index is 13.2. The van der Waals surface area contributed by atoms with E-state index >= 15 is 0 Å². The molecule has 3 rings (SSSR count). The summed E-state index contributed by atoms with van der Waals surface area (Å²) >= 11 is 0. The van der Waals surface area contributed by atoms with Crippen LogP contribution in [0.5, 0.6) is 0 Å². The maximum Gasteiger partial charge on any atom is 0.274 e. The number of pyridine rings is 1. The minimum atomic E-state index is -1.06. The van der Waals surface area contributed by atoms with Gasteiger partial charge in [0.1, 0.15) is 11.8 Å². The Labute approximate surface area is 147 Å². The fourth-order valence-electron chi connectivity index (χ4n) is 2.25. The summed E-state index contributed by atoms with van der Waals surface area (Å²) in [5.41, 5.74) is 1.79. The lowest BCUT2D eigenvalue weighted by Crippen LogP contribution is -2.14. The van der Waals surface area contributed by atoms with Crippen molar-refractivity contribution in [2.45, 2.75) is 0 Å². The second-order valence-corrected chi connectivity index (χ2v) is 5.30. The molecule has 2 aromatic carbocycles. The number of anilines is 3. The number of nitrogens with one attached hydrogen (secondary N) is 2. The van der Waals surface area contributed by atoms with E-state index in [1.54, 1.807) is 30.3 Å². The largest absolute Gasteiger partial charge is 0.354 e. The van der Waals surface area contributed by atoms with E-state index < -0.39 is 17.5 Å². The van der Waals surface area contributed by atoms with Crippen LogP contribution >= 0.6 is 0 Å². The number of carbonyl (C=O) groups excluding carboxylic acids is 1. The fourth-order valence-corrected chi connectivity index (χ4v) is 2.25. The standard InChI is InChI=1S/C19H12F2N4O/c20-15-6-5-13(9-16(15)21)25-19(26)18-10-14(7-8-23-18)24-17-4-2-1-3-12(17)11-22/h1-10H,(H,23,24)(H,25,26). The smallest absolute Gasteiger partial charge is 0.274 e. The first-order valence-electron chi connectivity index (χ1n) is 7.55. The molecule has 7 heteroatoms. The van der Waals surface area contributed by atoms with E-state index in [1.165, 1.54) is 18.3 Å². The summed E-state index contributed by atoms with van der Waals surface area (Å²) in [7, 11) is 0. The number of rotatable bonds is 4. The van der Waals surface area contributed by atoms with Gasteiger partial charge in [-0.15, -0.1) is 0 Å². The molecule has 0 aliphatic rings. The van der Waals surface area contributed by atoms with E-state index in [0.29, 0.717) is 16.9 Å². The molecular formula is C19H12F2N4O.